The lowest BCUT2D eigenvalue weighted by Crippen LogP contribution is -2.14. The smallest absolute Gasteiger partial charge is 0.259 e. The van der Waals surface area contributed by atoms with Crippen LogP contribution in [-0.4, -0.2) is 17.6 Å². The molecule has 3 aromatic carbocycles. The van der Waals surface area contributed by atoms with Crippen molar-refractivity contribution < 1.29 is 14.6 Å². The maximum atomic E-state index is 12.7. The molecule has 0 unspecified atom stereocenters. The zero-order chi connectivity index (χ0) is 20.1. The summed E-state index contributed by atoms with van der Waals surface area (Å²) in [7, 11) is 0. The van der Waals surface area contributed by atoms with Crippen molar-refractivity contribution in [3.8, 4) is 11.5 Å². The van der Waals surface area contributed by atoms with Crippen molar-refractivity contribution in [2.75, 3.05) is 11.9 Å². The van der Waals surface area contributed by atoms with Gasteiger partial charge < -0.3 is 15.2 Å². The van der Waals surface area contributed by atoms with Gasteiger partial charge in [-0.2, -0.15) is 0 Å². The van der Waals surface area contributed by atoms with Crippen molar-refractivity contribution in [1.82, 2.24) is 0 Å². The summed E-state index contributed by atoms with van der Waals surface area (Å²) in [6.45, 7) is 4.38. The number of hydrogen-bond acceptors (Lipinski definition) is 3. The van der Waals surface area contributed by atoms with Crippen molar-refractivity contribution >= 4 is 23.2 Å². The Balaban J connectivity index is 1.80. The van der Waals surface area contributed by atoms with Crippen LogP contribution in [0.1, 0.15) is 27.0 Å². The van der Waals surface area contributed by atoms with E-state index in [9.17, 15) is 9.90 Å². The zero-order valence-electron chi connectivity index (χ0n) is 15.8. The minimum absolute atomic E-state index is 0.113. The second kappa shape index (κ2) is 8.81. The number of ether oxygens (including phenoxy) is 1. The second-order valence-electron chi connectivity index (χ2n) is 6.66. The number of aryl methyl sites for hydroxylation is 2. The van der Waals surface area contributed by atoms with Crippen molar-refractivity contribution in [3.63, 3.8) is 0 Å². The molecule has 2 N–H and O–H groups in total. The van der Waals surface area contributed by atoms with E-state index in [0.717, 1.165) is 17.5 Å². The highest BCUT2D eigenvalue weighted by Gasteiger charge is 2.16. The van der Waals surface area contributed by atoms with Gasteiger partial charge in [-0.05, 0) is 54.8 Å². The number of hydrogen-bond donors (Lipinski definition) is 2. The summed E-state index contributed by atoms with van der Waals surface area (Å²) in [5.41, 5.74) is 3.79. The van der Waals surface area contributed by atoms with E-state index in [0.29, 0.717) is 23.1 Å². The SMILES string of the molecule is Cc1cc(C)c(OCCc2ccccc2)c(NC(=O)c2cc(Cl)ccc2O)c1. The van der Waals surface area contributed by atoms with Crippen LogP contribution in [0.5, 0.6) is 11.5 Å². The minimum Gasteiger partial charge on any atom is -0.507 e. The average Bonchev–Trinajstić information content (AvgIpc) is 2.66. The van der Waals surface area contributed by atoms with Crippen molar-refractivity contribution in [2.24, 2.45) is 0 Å². The van der Waals surface area contributed by atoms with E-state index >= 15 is 0 Å². The highest BCUT2D eigenvalue weighted by atomic mass is 35.5. The highest BCUT2D eigenvalue weighted by molar-refractivity contribution is 6.31. The van der Waals surface area contributed by atoms with E-state index in [-0.39, 0.29) is 11.3 Å². The van der Waals surface area contributed by atoms with Gasteiger partial charge in [0.15, 0.2) is 0 Å². The molecule has 0 saturated heterocycles. The van der Waals surface area contributed by atoms with Crippen LogP contribution in [0.15, 0.2) is 60.7 Å². The first kappa shape index (κ1) is 19.8. The van der Waals surface area contributed by atoms with Gasteiger partial charge in [-0.25, -0.2) is 0 Å². The summed E-state index contributed by atoms with van der Waals surface area (Å²) in [4.78, 5) is 12.7. The number of carbonyl (C=O) groups excluding carboxylic acids is 1. The van der Waals surface area contributed by atoms with Gasteiger partial charge in [-0.3, -0.25) is 4.79 Å². The molecule has 0 aliphatic carbocycles. The summed E-state index contributed by atoms with van der Waals surface area (Å²) in [5, 5.41) is 13.2. The number of halogens is 1. The highest BCUT2D eigenvalue weighted by Crippen LogP contribution is 2.32. The van der Waals surface area contributed by atoms with E-state index in [2.05, 4.69) is 17.4 Å². The molecule has 0 fully saturated rings. The van der Waals surface area contributed by atoms with Gasteiger partial charge in [0, 0.05) is 11.4 Å². The normalized spacial score (nSPS) is 10.5. The summed E-state index contributed by atoms with van der Waals surface area (Å²) < 4.78 is 6.01. The Kier molecular flexibility index (Phi) is 6.22. The maximum absolute atomic E-state index is 12.7. The first-order valence-corrected chi connectivity index (χ1v) is 9.39. The molecule has 3 aromatic rings. The molecule has 0 radical (unpaired) electrons. The molecule has 0 bridgehead atoms. The topological polar surface area (TPSA) is 58.6 Å². The van der Waals surface area contributed by atoms with Gasteiger partial charge in [0.2, 0.25) is 0 Å². The Labute approximate surface area is 169 Å². The molecule has 144 valence electrons. The molecule has 4 nitrogen and oxygen atoms in total. The molecule has 0 aliphatic heterocycles. The Bertz CT molecular complexity index is 987. The van der Waals surface area contributed by atoms with Gasteiger partial charge in [0.25, 0.3) is 5.91 Å². The Morgan fingerprint density at radius 3 is 2.57 bits per heavy atom. The Hall–Kier alpha value is -2.98. The Morgan fingerprint density at radius 1 is 1.07 bits per heavy atom. The lowest BCUT2D eigenvalue weighted by Gasteiger charge is -2.16. The first-order chi connectivity index (χ1) is 13.4. The fourth-order valence-corrected chi connectivity index (χ4v) is 3.21. The number of phenols is 1. The van der Waals surface area contributed by atoms with Crippen LogP contribution >= 0.6 is 11.6 Å². The third-order valence-corrected chi connectivity index (χ3v) is 4.59. The predicted octanol–water partition coefficient (Wildman–Crippen LogP) is 5.54. The van der Waals surface area contributed by atoms with Crippen LogP contribution in [0, 0.1) is 13.8 Å². The molecule has 3 rings (SSSR count). The fourth-order valence-electron chi connectivity index (χ4n) is 3.03. The summed E-state index contributed by atoms with van der Waals surface area (Å²) in [6, 6.07) is 18.3. The standard InChI is InChI=1S/C23H22ClNO3/c1-15-12-16(2)22(28-11-10-17-6-4-3-5-7-17)20(13-15)25-23(27)19-14-18(24)8-9-21(19)26/h3-9,12-14,26H,10-11H2,1-2H3,(H,25,27). The number of nitrogens with one attached hydrogen (secondary N) is 1. The molecule has 0 heterocycles. The predicted molar refractivity (Wildman–Crippen MR) is 113 cm³/mol. The molecule has 0 aliphatic rings. The van der Waals surface area contributed by atoms with Gasteiger partial charge in [-0.1, -0.05) is 48.0 Å². The number of amides is 1. The maximum Gasteiger partial charge on any atom is 0.259 e. The Morgan fingerprint density at radius 2 is 1.82 bits per heavy atom. The minimum atomic E-state index is -0.446. The summed E-state index contributed by atoms with van der Waals surface area (Å²) >= 11 is 5.96. The van der Waals surface area contributed by atoms with Gasteiger partial charge in [-0.15, -0.1) is 0 Å². The number of benzene rings is 3. The van der Waals surface area contributed by atoms with Crippen molar-refractivity contribution in [3.05, 3.63) is 87.9 Å². The molecule has 1 amide bonds. The number of aromatic hydroxyl groups is 1. The van der Waals surface area contributed by atoms with Gasteiger partial charge in [0.1, 0.15) is 11.5 Å². The quantitative estimate of drug-likeness (QED) is 0.576. The average molecular weight is 396 g/mol. The molecule has 0 aromatic heterocycles. The van der Waals surface area contributed by atoms with Crippen LogP contribution in [0.25, 0.3) is 0 Å². The summed E-state index contributed by atoms with van der Waals surface area (Å²) in [6.07, 6.45) is 0.761. The van der Waals surface area contributed by atoms with Crippen LogP contribution in [-0.2, 0) is 6.42 Å². The monoisotopic (exact) mass is 395 g/mol. The van der Waals surface area contributed by atoms with Crippen LogP contribution in [0.4, 0.5) is 5.69 Å². The largest absolute Gasteiger partial charge is 0.507 e. The number of anilines is 1. The van der Waals surface area contributed by atoms with E-state index in [4.69, 9.17) is 16.3 Å². The molecule has 0 spiro atoms. The lowest BCUT2D eigenvalue weighted by atomic mass is 10.1. The molecule has 28 heavy (non-hydrogen) atoms. The zero-order valence-corrected chi connectivity index (χ0v) is 16.6. The molecular weight excluding hydrogens is 374 g/mol. The van der Waals surface area contributed by atoms with E-state index in [1.54, 1.807) is 0 Å². The second-order valence-corrected chi connectivity index (χ2v) is 7.09. The first-order valence-electron chi connectivity index (χ1n) is 9.02. The molecule has 5 heteroatoms. The fraction of sp³-hybridized carbons (Fsp3) is 0.174. The lowest BCUT2D eigenvalue weighted by molar-refractivity contribution is 0.102. The van der Waals surface area contributed by atoms with Crippen molar-refractivity contribution in [1.29, 1.82) is 0 Å². The summed E-state index contributed by atoms with van der Waals surface area (Å²) in [5.74, 6) is 0.0483. The van der Waals surface area contributed by atoms with Crippen LogP contribution in [0.2, 0.25) is 5.02 Å². The van der Waals surface area contributed by atoms with E-state index < -0.39 is 5.91 Å². The third-order valence-electron chi connectivity index (χ3n) is 4.35. The van der Waals surface area contributed by atoms with E-state index in [1.807, 2.05) is 44.2 Å². The van der Waals surface area contributed by atoms with Gasteiger partial charge in [0.05, 0.1) is 17.9 Å². The number of carbonyl (C=O) groups is 1. The van der Waals surface area contributed by atoms with E-state index in [1.165, 1.54) is 23.8 Å². The number of rotatable bonds is 6. The van der Waals surface area contributed by atoms with Crippen LogP contribution < -0.4 is 10.1 Å². The number of phenolic OH excluding ortho intramolecular Hbond substituents is 1. The third kappa shape index (κ3) is 4.84. The molecule has 0 saturated carbocycles. The van der Waals surface area contributed by atoms with Gasteiger partial charge >= 0.3 is 0 Å². The molecule has 0 atom stereocenters. The van der Waals surface area contributed by atoms with Crippen molar-refractivity contribution in [2.45, 2.75) is 20.3 Å². The van der Waals surface area contributed by atoms with Crippen LogP contribution in [0.3, 0.4) is 0 Å². The molecular formula is C23H22ClNO3.